The average Bonchev–Trinajstić information content (AvgIpc) is 1.88. The van der Waals surface area contributed by atoms with Gasteiger partial charge in [-0.25, -0.2) is 4.21 Å². The molecular formula is C7H13ClOS. The number of hydrogen-bond donors (Lipinski definition) is 0. The van der Waals surface area contributed by atoms with Gasteiger partial charge in [-0.2, -0.15) is 0 Å². The minimum absolute atomic E-state index is 0.645. The summed E-state index contributed by atoms with van der Waals surface area (Å²) in [6, 6.07) is 0. The van der Waals surface area contributed by atoms with Crippen molar-refractivity contribution >= 4 is 20.7 Å². The molecular weight excluding hydrogens is 168 g/mol. The normalized spacial score (nSPS) is 24.5. The molecule has 0 N–H and O–H groups in total. The highest BCUT2D eigenvalue weighted by molar-refractivity contribution is 8.08. The maximum atomic E-state index is 10.6. The first kappa shape index (κ1) is 8.54. The van der Waals surface area contributed by atoms with Gasteiger partial charge >= 0.3 is 0 Å². The zero-order valence-corrected chi connectivity index (χ0v) is 7.59. The molecule has 0 heterocycles. The highest BCUT2D eigenvalue weighted by Crippen LogP contribution is 2.24. The Morgan fingerprint density at radius 3 is 2.40 bits per heavy atom. The molecule has 1 unspecified atom stereocenters. The quantitative estimate of drug-likeness (QED) is 0.597. The summed E-state index contributed by atoms with van der Waals surface area (Å²) in [5, 5.41) is 0. The van der Waals surface area contributed by atoms with Crippen molar-refractivity contribution in [1.82, 2.24) is 0 Å². The molecule has 1 nitrogen and oxygen atoms in total. The number of rotatable bonds is 2. The molecule has 1 atom stereocenters. The van der Waals surface area contributed by atoms with E-state index >= 15 is 0 Å². The van der Waals surface area contributed by atoms with E-state index in [-0.39, 0.29) is 0 Å². The van der Waals surface area contributed by atoms with Gasteiger partial charge in [-0.3, -0.25) is 0 Å². The van der Waals surface area contributed by atoms with Crippen LogP contribution in [-0.4, -0.2) is 9.96 Å². The Hall–Kier alpha value is 0.440. The van der Waals surface area contributed by atoms with Crippen LogP contribution in [0.2, 0.25) is 0 Å². The molecule has 3 heteroatoms. The van der Waals surface area contributed by atoms with Crippen molar-refractivity contribution in [2.24, 2.45) is 5.92 Å². The van der Waals surface area contributed by atoms with Crippen molar-refractivity contribution < 1.29 is 4.21 Å². The van der Waals surface area contributed by atoms with Crippen LogP contribution in [0.4, 0.5) is 0 Å². The first-order chi connectivity index (χ1) is 4.79. The molecule has 0 aliphatic heterocycles. The zero-order valence-electron chi connectivity index (χ0n) is 6.01. The molecule has 1 aliphatic carbocycles. The Labute approximate surface area is 69.1 Å². The van der Waals surface area contributed by atoms with E-state index in [2.05, 4.69) is 0 Å². The van der Waals surface area contributed by atoms with Crippen LogP contribution in [0.5, 0.6) is 0 Å². The first-order valence-corrected chi connectivity index (χ1v) is 5.98. The van der Waals surface area contributed by atoms with Gasteiger partial charge in [0.05, 0.1) is 0 Å². The van der Waals surface area contributed by atoms with Crippen LogP contribution in [0.15, 0.2) is 0 Å². The van der Waals surface area contributed by atoms with Crippen molar-refractivity contribution in [3.8, 4) is 0 Å². The fourth-order valence-electron chi connectivity index (χ4n) is 1.54. The van der Waals surface area contributed by atoms with Gasteiger partial charge in [0, 0.05) is 5.75 Å². The lowest BCUT2D eigenvalue weighted by atomic mass is 9.91. The van der Waals surface area contributed by atoms with Crippen LogP contribution in [0.3, 0.4) is 0 Å². The molecule has 1 rings (SSSR count). The van der Waals surface area contributed by atoms with E-state index < -0.39 is 10.0 Å². The maximum absolute atomic E-state index is 10.6. The van der Waals surface area contributed by atoms with Gasteiger partial charge in [0.1, 0.15) is 10.0 Å². The van der Waals surface area contributed by atoms with Gasteiger partial charge in [0.25, 0.3) is 0 Å². The summed E-state index contributed by atoms with van der Waals surface area (Å²) < 4.78 is 10.6. The van der Waals surface area contributed by atoms with Gasteiger partial charge < -0.3 is 0 Å². The summed E-state index contributed by atoms with van der Waals surface area (Å²) in [7, 11) is 4.29. The molecule has 10 heavy (non-hydrogen) atoms. The smallest absolute Gasteiger partial charge is 0.115 e. The topological polar surface area (TPSA) is 17.1 Å². The van der Waals surface area contributed by atoms with Gasteiger partial charge in [-0.15, -0.1) is 0 Å². The minimum atomic E-state index is -1.09. The van der Waals surface area contributed by atoms with Crippen molar-refractivity contribution in [2.75, 3.05) is 5.75 Å². The molecule has 0 spiro atoms. The fourth-order valence-corrected chi connectivity index (χ4v) is 2.78. The molecule has 1 aliphatic rings. The van der Waals surface area contributed by atoms with E-state index in [9.17, 15) is 4.21 Å². The standard InChI is InChI=1S/C7H13ClOS/c8-10(9)6-7-4-2-1-3-5-7/h7H,1-6H2. The third-order valence-corrected chi connectivity index (χ3v) is 3.20. The first-order valence-electron chi connectivity index (χ1n) is 3.83. The second-order valence-corrected chi connectivity index (χ2v) is 4.91. The Balaban J connectivity index is 2.19. The van der Waals surface area contributed by atoms with Crippen molar-refractivity contribution in [3.05, 3.63) is 0 Å². The summed E-state index contributed by atoms with van der Waals surface area (Å²) in [4.78, 5) is 0. The summed E-state index contributed by atoms with van der Waals surface area (Å²) in [6.45, 7) is 0. The lowest BCUT2D eigenvalue weighted by Crippen LogP contribution is -2.11. The van der Waals surface area contributed by atoms with E-state index in [0.717, 1.165) is 0 Å². The fraction of sp³-hybridized carbons (Fsp3) is 1.00. The Kier molecular flexibility index (Phi) is 3.71. The highest BCUT2D eigenvalue weighted by Gasteiger charge is 2.14. The zero-order chi connectivity index (χ0) is 7.40. The number of halogens is 1. The average molecular weight is 181 g/mol. The molecule has 0 amide bonds. The van der Waals surface area contributed by atoms with Gasteiger partial charge in [0.15, 0.2) is 0 Å². The molecule has 0 aromatic rings. The molecule has 0 saturated heterocycles. The number of hydrogen-bond acceptors (Lipinski definition) is 1. The van der Waals surface area contributed by atoms with Crippen LogP contribution in [0, 0.1) is 5.92 Å². The summed E-state index contributed by atoms with van der Waals surface area (Å²) in [5.41, 5.74) is 0. The molecule has 0 aromatic heterocycles. The maximum Gasteiger partial charge on any atom is 0.115 e. The van der Waals surface area contributed by atoms with E-state index in [0.29, 0.717) is 11.7 Å². The largest absolute Gasteiger partial charge is 0.243 e. The van der Waals surface area contributed by atoms with E-state index in [1.54, 1.807) is 0 Å². The van der Waals surface area contributed by atoms with Gasteiger partial charge in [-0.1, -0.05) is 19.3 Å². The van der Waals surface area contributed by atoms with Crippen molar-refractivity contribution in [1.29, 1.82) is 0 Å². The van der Waals surface area contributed by atoms with Crippen LogP contribution >= 0.6 is 10.7 Å². The summed E-state index contributed by atoms with van der Waals surface area (Å²) in [5.74, 6) is 1.36. The van der Waals surface area contributed by atoms with Crippen LogP contribution in [0.25, 0.3) is 0 Å². The van der Waals surface area contributed by atoms with Crippen LogP contribution in [-0.2, 0) is 10.0 Å². The Morgan fingerprint density at radius 2 is 1.90 bits per heavy atom. The molecule has 1 fully saturated rings. The minimum Gasteiger partial charge on any atom is -0.243 e. The van der Waals surface area contributed by atoms with Crippen LogP contribution in [0.1, 0.15) is 32.1 Å². The summed E-state index contributed by atoms with van der Waals surface area (Å²) in [6.07, 6.45) is 6.43. The Bertz CT molecular complexity index is 121. The van der Waals surface area contributed by atoms with Crippen molar-refractivity contribution in [3.63, 3.8) is 0 Å². The van der Waals surface area contributed by atoms with Crippen molar-refractivity contribution in [2.45, 2.75) is 32.1 Å². The van der Waals surface area contributed by atoms with Gasteiger partial charge in [0.2, 0.25) is 0 Å². The van der Waals surface area contributed by atoms with E-state index in [4.69, 9.17) is 10.7 Å². The SMILES string of the molecule is O=S(Cl)CC1CCCCC1. The predicted octanol–water partition coefficient (Wildman–Crippen LogP) is 2.47. The molecule has 0 bridgehead atoms. The molecule has 0 aromatic carbocycles. The molecule has 60 valence electrons. The lowest BCUT2D eigenvalue weighted by molar-refractivity contribution is 0.389. The molecule has 0 radical (unpaired) electrons. The second-order valence-electron chi connectivity index (χ2n) is 2.96. The second kappa shape index (κ2) is 4.35. The van der Waals surface area contributed by atoms with E-state index in [1.165, 1.54) is 32.1 Å². The predicted molar refractivity (Wildman–Crippen MR) is 45.4 cm³/mol. The third kappa shape index (κ3) is 3.02. The van der Waals surface area contributed by atoms with E-state index in [1.807, 2.05) is 0 Å². The van der Waals surface area contributed by atoms with Gasteiger partial charge in [-0.05, 0) is 29.4 Å². The molecule has 1 saturated carbocycles. The monoisotopic (exact) mass is 180 g/mol. The van der Waals surface area contributed by atoms with Crippen LogP contribution < -0.4 is 0 Å². The summed E-state index contributed by atoms with van der Waals surface area (Å²) >= 11 is 0. The highest BCUT2D eigenvalue weighted by atomic mass is 35.7. The lowest BCUT2D eigenvalue weighted by Gasteiger charge is -2.19. The Morgan fingerprint density at radius 1 is 1.30 bits per heavy atom. The third-order valence-electron chi connectivity index (χ3n) is 2.09.